The molecule has 2 aromatic heterocycles. The topological polar surface area (TPSA) is 22.8 Å². The van der Waals surface area contributed by atoms with Crippen molar-refractivity contribution in [2.45, 2.75) is 6.92 Å². The van der Waals surface area contributed by atoms with E-state index in [4.69, 9.17) is 11.6 Å². The molecule has 0 amide bonds. The normalized spacial score (nSPS) is 11.2. The lowest BCUT2D eigenvalue weighted by molar-refractivity contribution is 0.728. The van der Waals surface area contributed by atoms with Gasteiger partial charge in [0.05, 0.1) is 11.2 Å². The Kier molecular flexibility index (Phi) is 2.23. The van der Waals surface area contributed by atoms with Crippen LogP contribution in [-0.2, 0) is 7.05 Å². The van der Waals surface area contributed by atoms with Crippen molar-refractivity contribution in [3.8, 4) is 5.82 Å². The average Bonchev–Trinajstić information content (AvgIpc) is 2.83. The molecule has 0 bridgehead atoms. The maximum atomic E-state index is 6.17. The molecule has 1 aromatic carbocycles. The zero-order chi connectivity index (χ0) is 12.0. The van der Waals surface area contributed by atoms with E-state index in [9.17, 15) is 0 Å². The van der Waals surface area contributed by atoms with Crippen LogP contribution < -0.4 is 0 Å². The van der Waals surface area contributed by atoms with Crippen LogP contribution in [-0.4, -0.2) is 14.3 Å². The fourth-order valence-electron chi connectivity index (χ4n) is 2.15. The lowest BCUT2D eigenvalue weighted by Crippen LogP contribution is -2.01. The Morgan fingerprint density at radius 2 is 2.06 bits per heavy atom. The second kappa shape index (κ2) is 3.64. The van der Waals surface area contributed by atoms with E-state index in [-0.39, 0.29) is 0 Å². The van der Waals surface area contributed by atoms with E-state index in [1.54, 1.807) is 0 Å². The maximum Gasteiger partial charge on any atom is 0.135 e. The number of hydrogen-bond donors (Lipinski definition) is 0. The van der Waals surface area contributed by atoms with Gasteiger partial charge >= 0.3 is 0 Å². The molecule has 3 rings (SSSR count). The summed E-state index contributed by atoms with van der Waals surface area (Å²) in [6, 6.07) is 10.0. The molecule has 0 aliphatic heterocycles. The second-order valence-electron chi connectivity index (χ2n) is 4.13. The van der Waals surface area contributed by atoms with Gasteiger partial charge in [0.2, 0.25) is 0 Å². The SMILES string of the molecule is Cc1cc(-n2ccc3c(Cl)cccc32)n(C)n1. The highest BCUT2D eigenvalue weighted by Crippen LogP contribution is 2.26. The van der Waals surface area contributed by atoms with Crippen molar-refractivity contribution in [2.75, 3.05) is 0 Å². The zero-order valence-electron chi connectivity index (χ0n) is 9.68. The predicted octanol–water partition coefficient (Wildman–Crippen LogP) is 3.33. The largest absolute Gasteiger partial charge is 0.301 e. The number of nitrogens with zero attached hydrogens (tertiary/aromatic N) is 3. The monoisotopic (exact) mass is 245 g/mol. The molecule has 3 nitrogen and oxygen atoms in total. The zero-order valence-corrected chi connectivity index (χ0v) is 10.4. The van der Waals surface area contributed by atoms with Crippen LogP contribution >= 0.6 is 11.6 Å². The van der Waals surface area contributed by atoms with Crippen LogP contribution in [0.15, 0.2) is 36.5 Å². The first-order valence-electron chi connectivity index (χ1n) is 5.43. The molecule has 0 fully saturated rings. The Labute approximate surface area is 104 Å². The van der Waals surface area contributed by atoms with E-state index >= 15 is 0 Å². The van der Waals surface area contributed by atoms with Gasteiger partial charge in [0, 0.05) is 29.7 Å². The molecule has 86 valence electrons. The molecule has 0 aliphatic carbocycles. The molecular weight excluding hydrogens is 234 g/mol. The molecule has 0 aliphatic rings. The summed E-state index contributed by atoms with van der Waals surface area (Å²) in [5, 5.41) is 6.20. The molecule has 0 atom stereocenters. The van der Waals surface area contributed by atoms with Crippen LogP contribution in [0.4, 0.5) is 0 Å². The van der Waals surface area contributed by atoms with Crippen LogP contribution in [0.1, 0.15) is 5.69 Å². The molecule has 3 aromatic rings. The smallest absolute Gasteiger partial charge is 0.135 e. The summed E-state index contributed by atoms with van der Waals surface area (Å²) < 4.78 is 3.97. The number of halogens is 1. The summed E-state index contributed by atoms with van der Waals surface area (Å²) in [6.07, 6.45) is 2.02. The first-order valence-corrected chi connectivity index (χ1v) is 5.81. The van der Waals surface area contributed by atoms with Crippen LogP contribution in [0.2, 0.25) is 5.02 Å². The number of aromatic nitrogens is 3. The molecule has 0 radical (unpaired) electrons. The van der Waals surface area contributed by atoms with E-state index in [0.29, 0.717) is 0 Å². The van der Waals surface area contributed by atoms with Crippen molar-refractivity contribution >= 4 is 22.5 Å². The van der Waals surface area contributed by atoms with Crippen LogP contribution in [0.25, 0.3) is 16.7 Å². The van der Waals surface area contributed by atoms with Gasteiger partial charge in [-0.2, -0.15) is 5.10 Å². The van der Waals surface area contributed by atoms with E-state index in [1.807, 2.05) is 43.0 Å². The van der Waals surface area contributed by atoms with Crippen molar-refractivity contribution < 1.29 is 0 Å². The van der Waals surface area contributed by atoms with Gasteiger partial charge in [-0.1, -0.05) is 17.7 Å². The number of aryl methyl sites for hydroxylation is 2. The summed E-state index contributed by atoms with van der Waals surface area (Å²) in [6.45, 7) is 1.99. The Morgan fingerprint density at radius 1 is 1.24 bits per heavy atom. The third-order valence-electron chi connectivity index (χ3n) is 2.90. The fourth-order valence-corrected chi connectivity index (χ4v) is 2.38. The Balaban J connectivity index is 2.32. The van der Waals surface area contributed by atoms with Gasteiger partial charge in [-0.25, -0.2) is 0 Å². The summed E-state index contributed by atoms with van der Waals surface area (Å²) in [4.78, 5) is 0. The molecule has 0 N–H and O–H groups in total. The highest BCUT2D eigenvalue weighted by atomic mass is 35.5. The average molecular weight is 246 g/mol. The van der Waals surface area contributed by atoms with Gasteiger partial charge < -0.3 is 4.57 Å². The highest BCUT2D eigenvalue weighted by Gasteiger charge is 2.09. The third-order valence-corrected chi connectivity index (χ3v) is 3.23. The van der Waals surface area contributed by atoms with Crippen molar-refractivity contribution in [1.29, 1.82) is 0 Å². The molecule has 17 heavy (non-hydrogen) atoms. The number of hydrogen-bond acceptors (Lipinski definition) is 1. The second-order valence-corrected chi connectivity index (χ2v) is 4.53. The standard InChI is InChI=1S/C13H12ClN3/c1-9-8-13(16(2)15-9)17-7-6-10-11(14)4-3-5-12(10)17/h3-8H,1-2H3. The molecule has 0 spiro atoms. The van der Waals surface area contributed by atoms with Gasteiger partial charge in [0.15, 0.2) is 0 Å². The lowest BCUT2D eigenvalue weighted by atomic mass is 10.2. The molecule has 0 unspecified atom stereocenters. The first kappa shape index (κ1) is 10.4. The van der Waals surface area contributed by atoms with Crippen molar-refractivity contribution in [1.82, 2.24) is 14.3 Å². The molecule has 2 heterocycles. The van der Waals surface area contributed by atoms with Crippen LogP contribution in [0.3, 0.4) is 0 Å². The summed E-state index contributed by atoms with van der Waals surface area (Å²) in [5.41, 5.74) is 2.10. The summed E-state index contributed by atoms with van der Waals surface area (Å²) >= 11 is 6.17. The maximum absolute atomic E-state index is 6.17. The minimum absolute atomic E-state index is 0.778. The Bertz CT molecular complexity index is 694. The number of fused-ring (bicyclic) bond motifs is 1. The van der Waals surface area contributed by atoms with E-state index < -0.39 is 0 Å². The molecule has 0 saturated heterocycles. The van der Waals surface area contributed by atoms with E-state index in [1.165, 1.54) is 0 Å². The van der Waals surface area contributed by atoms with E-state index in [0.717, 1.165) is 27.4 Å². The minimum Gasteiger partial charge on any atom is -0.301 e. The quantitative estimate of drug-likeness (QED) is 0.645. The predicted molar refractivity (Wildman–Crippen MR) is 69.8 cm³/mol. The summed E-state index contributed by atoms with van der Waals surface area (Å²) in [5.74, 6) is 1.04. The molecule has 4 heteroatoms. The van der Waals surface area contributed by atoms with Gasteiger partial charge in [0.25, 0.3) is 0 Å². The lowest BCUT2D eigenvalue weighted by Gasteiger charge is -2.05. The van der Waals surface area contributed by atoms with Gasteiger partial charge in [-0.05, 0) is 25.1 Å². The van der Waals surface area contributed by atoms with E-state index in [2.05, 4.69) is 21.8 Å². The van der Waals surface area contributed by atoms with Crippen molar-refractivity contribution in [3.05, 3.63) is 47.2 Å². The van der Waals surface area contributed by atoms with Crippen molar-refractivity contribution in [3.63, 3.8) is 0 Å². The third kappa shape index (κ3) is 1.54. The summed E-state index contributed by atoms with van der Waals surface area (Å²) in [7, 11) is 1.94. The van der Waals surface area contributed by atoms with Gasteiger partial charge in [-0.3, -0.25) is 4.68 Å². The number of rotatable bonds is 1. The van der Waals surface area contributed by atoms with Crippen molar-refractivity contribution in [2.24, 2.45) is 7.05 Å². The Morgan fingerprint density at radius 3 is 2.76 bits per heavy atom. The fraction of sp³-hybridized carbons (Fsp3) is 0.154. The van der Waals surface area contributed by atoms with Crippen LogP contribution in [0.5, 0.6) is 0 Å². The number of benzene rings is 1. The van der Waals surface area contributed by atoms with Gasteiger partial charge in [-0.15, -0.1) is 0 Å². The van der Waals surface area contributed by atoms with Crippen LogP contribution in [0, 0.1) is 6.92 Å². The van der Waals surface area contributed by atoms with Gasteiger partial charge in [0.1, 0.15) is 5.82 Å². The first-order chi connectivity index (χ1) is 8.16. The highest BCUT2D eigenvalue weighted by molar-refractivity contribution is 6.35. The Hall–Kier alpha value is -1.74. The molecular formula is C13H12ClN3. The minimum atomic E-state index is 0.778. The molecule has 0 saturated carbocycles.